The number of rotatable bonds is 10. The Morgan fingerprint density at radius 3 is 2.03 bits per heavy atom. The highest BCUT2D eigenvalue weighted by atomic mass is 16.6. The van der Waals surface area contributed by atoms with Crippen LogP contribution in [0.4, 0.5) is 0 Å². The van der Waals surface area contributed by atoms with Crippen molar-refractivity contribution in [1.82, 2.24) is 16.0 Å². The average molecular weight is 514 g/mol. The van der Waals surface area contributed by atoms with E-state index in [1.807, 2.05) is 30.3 Å². The van der Waals surface area contributed by atoms with Gasteiger partial charge in [-0.05, 0) is 54.6 Å². The topological polar surface area (TPSA) is 114 Å². The second-order valence-corrected chi connectivity index (χ2v) is 9.17. The lowest BCUT2D eigenvalue weighted by Crippen LogP contribution is -2.46. The fraction of sp³-hybridized carbons (Fsp3) is 0.267. The number of fused-ring (bicyclic) bond motifs is 1. The van der Waals surface area contributed by atoms with Crippen LogP contribution in [0.3, 0.4) is 0 Å². The Morgan fingerprint density at radius 1 is 0.842 bits per heavy atom. The molecule has 1 fully saturated rings. The molecule has 0 aromatic heterocycles. The van der Waals surface area contributed by atoms with Gasteiger partial charge in [0.1, 0.15) is 6.04 Å². The Balaban J connectivity index is 0.000000483. The Morgan fingerprint density at radius 2 is 1.47 bits per heavy atom. The number of Topliss-reactive ketones (excluding diaryl/α,β-unsaturated/α-hetero) is 1. The van der Waals surface area contributed by atoms with Crippen molar-refractivity contribution < 1.29 is 23.9 Å². The molecular weight excluding hydrogens is 482 g/mol. The number of carbonyl (C=O) groups excluding carboxylic acids is 4. The summed E-state index contributed by atoms with van der Waals surface area (Å²) in [6, 6.07) is 25.2. The fourth-order valence-corrected chi connectivity index (χ4v) is 4.11. The van der Waals surface area contributed by atoms with Crippen molar-refractivity contribution in [2.75, 3.05) is 19.6 Å². The predicted octanol–water partition coefficient (Wildman–Crippen LogP) is 2.68. The minimum atomic E-state index is -0.780. The number of ketones is 1. The number of amides is 1. The number of benzene rings is 3. The highest BCUT2D eigenvalue weighted by Gasteiger charge is 2.26. The highest BCUT2D eigenvalue weighted by molar-refractivity contribution is 5.98. The van der Waals surface area contributed by atoms with Gasteiger partial charge in [-0.2, -0.15) is 0 Å². The molecule has 1 saturated heterocycles. The summed E-state index contributed by atoms with van der Waals surface area (Å²) in [6.45, 7) is 0.282. The SMILES string of the molecule is O=C(CNCC(=O)C(Cc1ccccc1)NC(=O)c1ccccc1)OC(=O)[C@@H]1CCCN1.c1cc2ccc1-2. The maximum Gasteiger partial charge on any atom is 0.330 e. The smallest absolute Gasteiger partial charge is 0.330 e. The quantitative estimate of drug-likeness (QED) is 0.221. The summed E-state index contributed by atoms with van der Waals surface area (Å²) < 4.78 is 4.81. The summed E-state index contributed by atoms with van der Waals surface area (Å²) in [5.41, 5.74) is 4.20. The van der Waals surface area contributed by atoms with Crippen molar-refractivity contribution in [2.45, 2.75) is 31.3 Å². The fourth-order valence-electron chi connectivity index (χ4n) is 4.11. The number of esters is 2. The van der Waals surface area contributed by atoms with E-state index in [1.54, 1.807) is 30.3 Å². The van der Waals surface area contributed by atoms with Gasteiger partial charge < -0.3 is 15.4 Å². The Bertz CT molecular complexity index is 1220. The second kappa shape index (κ2) is 13.4. The zero-order valence-electron chi connectivity index (χ0n) is 21.0. The lowest BCUT2D eigenvalue weighted by Gasteiger charge is -2.18. The molecule has 3 N–H and O–H groups in total. The summed E-state index contributed by atoms with van der Waals surface area (Å²) in [5, 5.41) is 8.46. The van der Waals surface area contributed by atoms with Gasteiger partial charge in [0.25, 0.3) is 5.91 Å². The van der Waals surface area contributed by atoms with Gasteiger partial charge in [-0.3, -0.25) is 19.7 Å². The molecule has 1 unspecified atom stereocenters. The second-order valence-electron chi connectivity index (χ2n) is 9.17. The Kier molecular flexibility index (Phi) is 9.50. The molecule has 1 amide bonds. The number of ether oxygens (including phenoxy) is 1. The third-order valence-electron chi connectivity index (χ3n) is 6.36. The summed E-state index contributed by atoms with van der Waals surface area (Å²) >= 11 is 0. The normalized spacial score (nSPS) is 15.4. The molecule has 0 saturated carbocycles. The summed E-state index contributed by atoms with van der Waals surface area (Å²) in [6.07, 6.45) is 1.81. The zero-order chi connectivity index (χ0) is 26.7. The van der Waals surface area contributed by atoms with Crippen LogP contribution in [0.2, 0.25) is 0 Å². The van der Waals surface area contributed by atoms with E-state index in [2.05, 4.69) is 40.2 Å². The van der Waals surface area contributed by atoms with Crippen molar-refractivity contribution in [1.29, 1.82) is 0 Å². The van der Waals surface area contributed by atoms with Crippen LogP contribution in [0.25, 0.3) is 11.1 Å². The van der Waals surface area contributed by atoms with E-state index >= 15 is 0 Å². The predicted molar refractivity (Wildman–Crippen MR) is 143 cm³/mol. The van der Waals surface area contributed by atoms with Crippen molar-refractivity contribution in [3.63, 3.8) is 0 Å². The van der Waals surface area contributed by atoms with Crippen molar-refractivity contribution in [2.24, 2.45) is 0 Å². The third-order valence-corrected chi connectivity index (χ3v) is 6.36. The molecule has 1 heterocycles. The van der Waals surface area contributed by atoms with Gasteiger partial charge >= 0.3 is 11.9 Å². The van der Waals surface area contributed by atoms with Crippen LogP contribution in [0.15, 0.2) is 84.9 Å². The van der Waals surface area contributed by atoms with E-state index < -0.39 is 24.0 Å². The van der Waals surface area contributed by atoms with Crippen LogP contribution in [0, 0.1) is 0 Å². The van der Waals surface area contributed by atoms with Gasteiger partial charge in [0, 0.05) is 5.56 Å². The minimum absolute atomic E-state index is 0.155. The van der Waals surface area contributed by atoms with Crippen LogP contribution < -0.4 is 16.0 Å². The maximum atomic E-state index is 12.8. The molecule has 0 spiro atoms. The highest BCUT2D eigenvalue weighted by Crippen LogP contribution is 2.29. The first-order valence-corrected chi connectivity index (χ1v) is 12.7. The maximum absolute atomic E-state index is 12.8. The third kappa shape index (κ3) is 7.68. The van der Waals surface area contributed by atoms with Gasteiger partial charge in [-0.1, -0.05) is 72.8 Å². The van der Waals surface area contributed by atoms with Crippen molar-refractivity contribution in [3.8, 4) is 11.1 Å². The van der Waals surface area contributed by atoms with Crippen LogP contribution in [-0.4, -0.2) is 55.3 Å². The van der Waals surface area contributed by atoms with E-state index in [0.717, 1.165) is 18.5 Å². The van der Waals surface area contributed by atoms with Gasteiger partial charge in [0.05, 0.1) is 19.1 Å². The molecule has 8 heteroatoms. The minimum Gasteiger partial charge on any atom is -0.391 e. The molecule has 1 aliphatic heterocycles. The molecule has 3 aliphatic rings. The molecule has 38 heavy (non-hydrogen) atoms. The van der Waals surface area contributed by atoms with Gasteiger partial charge in [-0.25, -0.2) is 4.79 Å². The Hall–Kier alpha value is -4.14. The molecule has 2 aromatic carbocycles. The molecule has 2 aromatic rings. The number of hydrogen-bond acceptors (Lipinski definition) is 7. The summed E-state index contributed by atoms with van der Waals surface area (Å²) in [7, 11) is 0. The van der Waals surface area contributed by atoms with E-state index in [1.165, 1.54) is 11.1 Å². The first kappa shape index (κ1) is 26.9. The van der Waals surface area contributed by atoms with Crippen LogP contribution in [-0.2, 0) is 25.5 Å². The van der Waals surface area contributed by atoms with E-state index in [4.69, 9.17) is 4.74 Å². The standard InChI is InChI=1S/C24H27N3O5.C6H4/c28-21(15-25-16-22(29)32-24(31)19-12-7-13-26-19)20(14-17-8-3-1-4-9-17)27-23(30)18-10-5-2-6-11-18;1-2-6-4-3-5(1)6/h1-6,8-11,19-20,25-26H,7,12-16H2,(H,27,30);1-4H/t19-,20?;/m0./s1. The van der Waals surface area contributed by atoms with E-state index in [0.29, 0.717) is 18.4 Å². The number of carbonyl (C=O) groups is 4. The molecule has 5 rings (SSSR count). The van der Waals surface area contributed by atoms with Gasteiger partial charge in [0.2, 0.25) is 0 Å². The largest absolute Gasteiger partial charge is 0.391 e. The lowest BCUT2D eigenvalue weighted by molar-refractivity contribution is -0.160. The molecule has 2 aliphatic carbocycles. The average Bonchev–Trinajstić information content (AvgIpc) is 3.47. The number of nitrogens with one attached hydrogen (secondary N) is 3. The molecule has 196 valence electrons. The van der Waals surface area contributed by atoms with Gasteiger partial charge in [0.15, 0.2) is 5.78 Å². The van der Waals surface area contributed by atoms with Crippen molar-refractivity contribution in [3.05, 3.63) is 96.1 Å². The monoisotopic (exact) mass is 513 g/mol. The molecule has 0 radical (unpaired) electrons. The van der Waals surface area contributed by atoms with Crippen molar-refractivity contribution >= 4 is 23.6 Å². The van der Waals surface area contributed by atoms with Crippen LogP contribution in [0.5, 0.6) is 0 Å². The first-order chi connectivity index (χ1) is 18.5. The number of hydrogen-bond donors (Lipinski definition) is 3. The summed E-state index contributed by atoms with van der Waals surface area (Å²) in [5.74, 6) is -1.98. The lowest BCUT2D eigenvalue weighted by atomic mass is 9.95. The van der Waals surface area contributed by atoms with E-state index in [9.17, 15) is 19.2 Å². The molecule has 2 atom stereocenters. The molecule has 0 bridgehead atoms. The van der Waals surface area contributed by atoms with Gasteiger partial charge in [-0.15, -0.1) is 0 Å². The zero-order valence-corrected chi connectivity index (χ0v) is 21.0. The molecule has 8 nitrogen and oxygen atoms in total. The van der Waals surface area contributed by atoms with E-state index in [-0.39, 0.29) is 24.8 Å². The molecular formula is C30H31N3O5. The first-order valence-electron chi connectivity index (χ1n) is 12.7. The Labute approximate surface area is 221 Å². The van der Waals surface area contributed by atoms with Crippen LogP contribution >= 0.6 is 0 Å². The van der Waals surface area contributed by atoms with Crippen LogP contribution in [0.1, 0.15) is 28.8 Å². The summed E-state index contributed by atoms with van der Waals surface area (Å²) in [4.78, 5) is 49.2.